The summed E-state index contributed by atoms with van der Waals surface area (Å²) in [5.74, 6) is 0.529. The fourth-order valence-electron chi connectivity index (χ4n) is 1.92. The van der Waals surface area contributed by atoms with Crippen molar-refractivity contribution in [3.8, 4) is 0 Å². The van der Waals surface area contributed by atoms with Gasteiger partial charge < -0.3 is 10.6 Å². The van der Waals surface area contributed by atoms with E-state index in [1.807, 2.05) is 31.2 Å². The van der Waals surface area contributed by atoms with Crippen LogP contribution in [-0.2, 0) is 4.79 Å². The summed E-state index contributed by atoms with van der Waals surface area (Å²) >= 11 is 8.48. The second-order valence-electron chi connectivity index (χ2n) is 5.07. The Hall–Kier alpha value is -2.16. The quantitative estimate of drug-likeness (QED) is 0.607. The van der Waals surface area contributed by atoms with Crippen molar-refractivity contribution in [1.29, 1.82) is 0 Å². The molecule has 0 saturated carbocycles. The average Bonchev–Trinajstić information content (AvgIpc) is 3.03. The molecule has 6 nitrogen and oxygen atoms in total. The van der Waals surface area contributed by atoms with Gasteiger partial charge >= 0.3 is 0 Å². The van der Waals surface area contributed by atoms with Crippen molar-refractivity contribution in [1.82, 2.24) is 15.2 Å². The van der Waals surface area contributed by atoms with Gasteiger partial charge in [-0.1, -0.05) is 46.8 Å². The molecule has 0 saturated heterocycles. The fraction of sp³-hybridized carbons (Fsp3) is 0.125. The van der Waals surface area contributed by atoms with Crippen LogP contribution >= 0.6 is 34.7 Å². The van der Waals surface area contributed by atoms with Crippen molar-refractivity contribution < 1.29 is 4.79 Å². The molecule has 128 valence electrons. The lowest BCUT2D eigenvalue weighted by molar-refractivity contribution is -0.113. The van der Waals surface area contributed by atoms with Crippen molar-refractivity contribution >= 4 is 57.2 Å². The number of halogens is 1. The molecule has 0 aliphatic rings. The number of pyridine rings is 1. The van der Waals surface area contributed by atoms with Gasteiger partial charge in [0, 0.05) is 11.9 Å². The van der Waals surface area contributed by atoms with Gasteiger partial charge in [0.1, 0.15) is 5.82 Å². The number of amides is 1. The van der Waals surface area contributed by atoms with Gasteiger partial charge in [0.2, 0.25) is 11.0 Å². The molecule has 2 heterocycles. The molecule has 1 amide bonds. The summed E-state index contributed by atoms with van der Waals surface area (Å²) in [5, 5.41) is 15.3. The van der Waals surface area contributed by atoms with E-state index in [0.29, 0.717) is 16.0 Å². The summed E-state index contributed by atoms with van der Waals surface area (Å²) in [6, 6.07) is 11.3. The highest BCUT2D eigenvalue weighted by molar-refractivity contribution is 8.01. The van der Waals surface area contributed by atoms with E-state index in [-0.39, 0.29) is 11.7 Å². The molecule has 3 aromatic rings. The highest BCUT2D eigenvalue weighted by Gasteiger charge is 2.09. The summed E-state index contributed by atoms with van der Waals surface area (Å²) in [6.45, 7) is 2.03. The lowest BCUT2D eigenvalue weighted by Gasteiger charge is -2.03. The molecule has 0 aliphatic carbocycles. The number of rotatable bonds is 6. The largest absolute Gasteiger partial charge is 0.330 e. The summed E-state index contributed by atoms with van der Waals surface area (Å²) < 4.78 is 0.717. The van der Waals surface area contributed by atoms with Crippen LogP contribution in [0, 0.1) is 6.92 Å². The van der Waals surface area contributed by atoms with Gasteiger partial charge in [-0.2, -0.15) is 0 Å². The molecule has 1 aromatic carbocycles. The second-order valence-corrected chi connectivity index (χ2v) is 7.70. The molecular weight excluding hydrogens is 378 g/mol. The third kappa shape index (κ3) is 5.42. The van der Waals surface area contributed by atoms with Gasteiger partial charge in [0.05, 0.1) is 10.8 Å². The zero-order valence-electron chi connectivity index (χ0n) is 13.2. The first-order chi connectivity index (χ1) is 12.1. The maximum absolute atomic E-state index is 11.9. The Morgan fingerprint density at radius 1 is 1.28 bits per heavy atom. The molecule has 2 aromatic heterocycles. The monoisotopic (exact) mass is 391 g/mol. The van der Waals surface area contributed by atoms with Gasteiger partial charge in [0.15, 0.2) is 4.34 Å². The van der Waals surface area contributed by atoms with Crippen molar-refractivity contribution in [3.05, 3.63) is 53.2 Å². The highest BCUT2D eigenvalue weighted by atomic mass is 35.5. The number of nitrogens with zero attached hydrogens (tertiary/aromatic N) is 3. The number of carbonyl (C=O) groups is 1. The van der Waals surface area contributed by atoms with Crippen LogP contribution in [0.15, 0.2) is 46.9 Å². The molecule has 0 radical (unpaired) electrons. The SMILES string of the molecule is Cc1cccc(Nc2nnc(SCC(=O)Nc3ccc(Cl)cn3)s2)c1. The number of anilines is 3. The van der Waals surface area contributed by atoms with E-state index in [0.717, 1.165) is 15.6 Å². The molecule has 0 fully saturated rings. The third-order valence-electron chi connectivity index (χ3n) is 3.00. The van der Waals surface area contributed by atoms with Crippen LogP contribution in [0.3, 0.4) is 0 Å². The lowest BCUT2D eigenvalue weighted by atomic mass is 10.2. The topological polar surface area (TPSA) is 79.8 Å². The van der Waals surface area contributed by atoms with Crippen molar-refractivity contribution in [2.24, 2.45) is 0 Å². The van der Waals surface area contributed by atoms with E-state index in [1.54, 1.807) is 12.1 Å². The first-order valence-corrected chi connectivity index (χ1v) is 9.48. The van der Waals surface area contributed by atoms with E-state index in [4.69, 9.17) is 11.6 Å². The summed E-state index contributed by atoms with van der Waals surface area (Å²) in [5.41, 5.74) is 2.12. The number of hydrogen-bond acceptors (Lipinski definition) is 7. The molecule has 0 aliphatic heterocycles. The van der Waals surface area contributed by atoms with Crippen LogP contribution in [0.5, 0.6) is 0 Å². The molecular formula is C16H14ClN5OS2. The zero-order valence-corrected chi connectivity index (χ0v) is 15.6. The van der Waals surface area contributed by atoms with Crippen LogP contribution in [-0.4, -0.2) is 26.8 Å². The molecule has 0 atom stereocenters. The Balaban J connectivity index is 1.51. The predicted molar refractivity (Wildman–Crippen MR) is 103 cm³/mol. The van der Waals surface area contributed by atoms with Gasteiger partial charge in [-0.25, -0.2) is 4.98 Å². The first kappa shape index (κ1) is 17.7. The van der Waals surface area contributed by atoms with E-state index in [2.05, 4.69) is 25.8 Å². The maximum atomic E-state index is 11.9. The van der Waals surface area contributed by atoms with Crippen LogP contribution in [0.4, 0.5) is 16.6 Å². The van der Waals surface area contributed by atoms with Crippen LogP contribution in [0.1, 0.15) is 5.56 Å². The molecule has 3 rings (SSSR count). The minimum Gasteiger partial charge on any atom is -0.330 e. The number of hydrogen-bond donors (Lipinski definition) is 2. The maximum Gasteiger partial charge on any atom is 0.235 e. The minimum absolute atomic E-state index is 0.164. The van der Waals surface area contributed by atoms with Gasteiger partial charge in [-0.05, 0) is 36.8 Å². The zero-order chi connectivity index (χ0) is 17.6. The Morgan fingerprint density at radius 3 is 2.92 bits per heavy atom. The van der Waals surface area contributed by atoms with Crippen molar-refractivity contribution in [3.63, 3.8) is 0 Å². The van der Waals surface area contributed by atoms with E-state index in [9.17, 15) is 4.79 Å². The van der Waals surface area contributed by atoms with Crippen LogP contribution < -0.4 is 10.6 Å². The Morgan fingerprint density at radius 2 is 2.16 bits per heavy atom. The molecule has 0 unspecified atom stereocenters. The normalized spacial score (nSPS) is 10.5. The van der Waals surface area contributed by atoms with Crippen molar-refractivity contribution in [2.45, 2.75) is 11.3 Å². The van der Waals surface area contributed by atoms with Crippen molar-refractivity contribution in [2.75, 3.05) is 16.4 Å². The average molecular weight is 392 g/mol. The van der Waals surface area contributed by atoms with Gasteiger partial charge in [-0.15, -0.1) is 10.2 Å². The number of benzene rings is 1. The number of aromatic nitrogens is 3. The van der Waals surface area contributed by atoms with E-state index >= 15 is 0 Å². The van der Waals surface area contributed by atoms with E-state index in [1.165, 1.54) is 29.3 Å². The minimum atomic E-state index is -0.164. The molecule has 2 N–H and O–H groups in total. The fourth-order valence-corrected chi connectivity index (χ4v) is 3.60. The number of carbonyl (C=O) groups excluding carboxylic acids is 1. The number of nitrogens with one attached hydrogen (secondary N) is 2. The second kappa shape index (κ2) is 8.28. The van der Waals surface area contributed by atoms with Gasteiger partial charge in [0.25, 0.3) is 0 Å². The molecule has 25 heavy (non-hydrogen) atoms. The number of thioether (sulfide) groups is 1. The Kier molecular flexibility index (Phi) is 5.85. The summed E-state index contributed by atoms with van der Waals surface area (Å²) in [7, 11) is 0. The number of aryl methyl sites for hydroxylation is 1. The van der Waals surface area contributed by atoms with E-state index < -0.39 is 0 Å². The Bertz CT molecular complexity index is 869. The smallest absolute Gasteiger partial charge is 0.235 e. The molecule has 9 heteroatoms. The van der Waals surface area contributed by atoms with Gasteiger partial charge in [-0.3, -0.25) is 4.79 Å². The molecule has 0 spiro atoms. The van der Waals surface area contributed by atoms with Crippen LogP contribution in [0.2, 0.25) is 5.02 Å². The lowest BCUT2D eigenvalue weighted by Crippen LogP contribution is -2.14. The first-order valence-electron chi connectivity index (χ1n) is 7.30. The highest BCUT2D eigenvalue weighted by Crippen LogP contribution is 2.27. The Labute approximate surface area is 158 Å². The molecule has 0 bridgehead atoms. The third-order valence-corrected chi connectivity index (χ3v) is 5.19. The van der Waals surface area contributed by atoms with Crippen LogP contribution in [0.25, 0.3) is 0 Å². The predicted octanol–water partition coefficient (Wildman–Crippen LogP) is 4.37. The standard InChI is InChI=1S/C16H14ClN5OS2/c1-10-3-2-4-12(7-10)19-15-21-22-16(25-15)24-9-14(23)20-13-6-5-11(17)8-18-13/h2-8H,9H2,1H3,(H,19,21)(H,18,20,23). The summed E-state index contributed by atoms with van der Waals surface area (Å²) in [6.07, 6.45) is 1.48. The summed E-state index contributed by atoms with van der Waals surface area (Å²) in [4.78, 5) is 16.0.